The Bertz CT molecular complexity index is 180. The Kier molecular flexibility index (Phi) is 8.75. The minimum atomic E-state index is 0.457. The van der Waals surface area contributed by atoms with Gasteiger partial charge in [-0.2, -0.15) is 0 Å². The first-order chi connectivity index (χ1) is 8.77. The van der Waals surface area contributed by atoms with Gasteiger partial charge < -0.3 is 5.32 Å². The quantitative estimate of drug-likeness (QED) is 0.540. The van der Waals surface area contributed by atoms with E-state index < -0.39 is 0 Å². The van der Waals surface area contributed by atoms with Gasteiger partial charge in [-0.05, 0) is 32.7 Å². The minimum absolute atomic E-state index is 0.457. The van der Waals surface area contributed by atoms with Crippen LogP contribution in [0, 0.1) is 0 Å². The lowest BCUT2D eigenvalue weighted by Gasteiger charge is -2.29. The molecule has 0 amide bonds. The van der Waals surface area contributed by atoms with Gasteiger partial charge in [0.15, 0.2) is 0 Å². The highest BCUT2D eigenvalue weighted by Gasteiger charge is 2.23. The number of hydrogen-bond acceptors (Lipinski definition) is 1. The first-order valence-corrected chi connectivity index (χ1v) is 8.52. The average molecular weight is 253 g/mol. The lowest BCUT2D eigenvalue weighted by atomic mass is 9.89. The molecule has 1 nitrogen and oxygen atoms in total. The third-order valence-electron chi connectivity index (χ3n) is 4.54. The molecule has 1 aliphatic heterocycles. The molecule has 1 unspecified atom stereocenters. The van der Waals surface area contributed by atoms with Gasteiger partial charge in [0, 0.05) is 5.54 Å². The lowest BCUT2D eigenvalue weighted by Crippen LogP contribution is -2.41. The zero-order chi connectivity index (χ0) is 13.1. The van der Waals surface area contributed by atoms with Gasteiger partial charge in [-0.3, -0.25) is 0 Å². The van der Waals surface area contributed by atoms with Gasteiger partial charge in [-0.1, -0.05) is 71.1 Å². The zero-order valence-corrected chi connectivity index (χ0v) is 12.9. The third kappa shape index (κ3) is 7.41. The van der Waals surface area contributed by atoms with Gasteiger partial charge in [0.05, 0.1) is 0 Å². The first-order valence-electron chi connectivity index (χ1n) is 8.52. The van der Waals surface area contributed by atoms with Crippen LogP contribution < -0.4 is 5.32 Å². The van der Waals surface area contributed by atoms with E-state index in [0.717, 1.165) is 0 Å². The van der Waals surface area contributed by atoms with Gasteiger partial charge in [0.1, 0.15) is 0 Å². The number of nitrogens with one attached hydrogen (secondary N) is 1. The molecular weight excluding hydrogens is 218 g/mol. The Morgan fingerprint density at radius 3 is 2.22 bits per heavy atom. The van der Waals surface area contributed by atoms with Crippen molar-refractivity contribution in [3.05, 3.63) is 0 Å². The maximum absolute atomic E-state index is 3.78. The Labute approximate surface area is 115 Å². The Balaban J connectivity index is 1.95. The van der Waals surface area contributed by atoms with Crippen LogP contribution in [-0.4, -0.2) is 12.1 Å². The van der Waals surface area contributed by atoms with E-state index in [1.54, 1.807) is 0 Å². The molecule has 0 bridgehead atoms. The van der Waals surface area contributed by atoms with Crippen molar-refractivity contribution < 1.29 is 0 Å². The smallest absolute Gasteiger partial charge is 0.0153 e. The van der Waals surface area contributed by atoms with Crippen LogP contribution in [0.25, 0.3) is 0 Å². The van der Waals surface area contributed by atoms with Crippen molar-refractivity contribution in [3.63, 3.8) is 0 Å². The maximum Gasteiger partial charge on any atom is 0.0153 e. The lowest BCUT2D eigenvalue weighted by molar-refractivity contribution is 0.311. The van der Waals surface area contributed by atoms with Crippen LogP contribution in [0.2, 0.25) is 0 Å². The summed E-state index contributed by atoms with van der Waals surface area (Å²) >= 11 is 0. The van der Waals surface area contributed by atoms with Crippen LogP contribution in [-0.2, 0) is 0 Å². The third-order valence-corrected chi connectivity index (χ3v) is 4.54. The summed E-state index contributed by atoms with van der Waals surface area (Å²) in [5, 5.41) is 3.78. The summed E-state index contributed by atoms with van der Waals surface area (Å²) in [6.45, 7) is 5.98. The van der Waals surface area contributed by atoms with Gasteiger partial charge in [0.25, 0.3) is 0 Å². The van der Waals surface area contributed by atoms with E-state index in [0.29, 0.717) is 5.54 Å². The van der Waals surface area contributed by atoms with Crippen molar-refractivity contribution in [2.45, 2.75) is 103 Å². The second kappa shape index (κ2) is 9.83. The molecule has 0 aromatic rings. The topological polar surface area (TPSA) is 12.0 Å². The van der Waals surface area contributed by atoms with Crippen LogP contribution in [0.1, 0.15) is 97.3 Å². The fourth-order valence-electron chi connectivity index (χ4n) is 3.16. The van der Waals surface area contributed by atoms with E-state index in [4.69, 9.17) is 0 Å². The van der Waals surface area contributed by atoms with E-state index in [1.165, 1.54) is 90.0 Å². The largest absolute Gasteiger partial charge is 0.312 e. The van der Waals surface area contributed by atoms with Crippen LogP contribution >= 0.6 is 0 Å². The summed E-state index contributed by atoms with van der Waals surface area (Å²) in [6.07, 6.45) is 18.5. The summed E-state index contributed by atoms with van der Waals surface area (Å²) in [5.74, 6) is 0. The molecule has 1 aliphatic rings. The van der Waals surface area contributed by atoms with E-state index in [2.05, 4.69) is 19.2 Å². The maximum atomic E-state index is 3.78. The molecule has 1 N–H and O–H groups in total. The molecule has 0 radical (unpaired) electrons. The molecule has 0 aromatic heterocycles. The summed E-state index contributed by atoms with van der Waals surface area (Å²) in [7, 11) is 0. The second-order valence-electron chi connectivity index (χ2n) is 6.52. The molecule has 1 heteroatoms. The SMILES string of the molecule is CCCCCCCCCCC1(C)CCCCCN1. The van der Waals surface area contributed by atoms with Gasteiger partial charge in [-0.25, -0.2) is 0 Å². The van der Waals surface area contributed by atoms with E-state index >= 15 is 0 Å². The van der Waals surface area contributed by atoms with Crippen molar-refractivity contribution in [1.29, 1.82) is 0 Å². The molecule has 18 heavy (non-hydrogen) atoms. The Morgan fingerprint density at radius 1 is 0.833 bits per heavy atom. The van der Waals surface area contributed by atoms with Crippen molar-refractivity contribution in [3.8, 4) is 0 Å². The molecule has 1 rings (SSSR count). The summed E-state index contributed by atoms with van der Waals surface area (Å²) < 4.78 is 0. The number of rotatable bonds is 9. The molecule has 0 aromatic carbocycles. The summed E-state index contributed by atoms with van der Waals surface area (Å²) in [6, 6.07) is 0. The fourth-order valence-corrected chi connectivity index (χ4v) is 3.16. The van der Waals surface area contributed by atoms with Crippen LogP contribution in [0.4, 0.5) is 0 Å². The molecule has 1 atom stereocenters. The standard InChI is InChI=1S/C17H35N/c1-3-4-5-6-7-8-9-11-14-17(2)15-12-10-13-16-18-17/h18H,3-16H2,1-2H3. The molecule has 0 saturated carbocycles. The summed E-state index contributed by atoms with van der Waals surface area (Å²) in [5.41, 5.74) is 0.457. The highest BCUT2D eigenvalue weighted by Crippen LogP contribution is 2.24. The molecule has 108 valence electrons. The fraction of sp³-hybridized carbons (Fsp3) is 1.00. The van der Waals surface area contributed by atoms with Crippen LogP contribution in [0.3, 0.4) is 0 Å². The molecular formula is C17H35N. The van der Waals surface area contributed by atoms with Crippen molar-refractivity contribution in [2.75, 3.05) is 6.54 Å². The average Bonchev–Trinajstić information content (AvgIpc) is 2.58. The van der Waals surface area contributed by atoms with Gasteiger partial charge in [0.2, 0.25) is 0 Å². The molecule has 0 aliphatic carbocycles. The van der Waals surface area contributed by atoms with Crippen molar-refractivity contribution in [1.82, 2.24) is 5.32 Å². The second-order valence-corrected chi connectivity index (χ2v) is 6.52. The van der Waals surface area contributed by atoms with Crippen LogP contribution in [0.5, 0.6) is 0 Å². The van der Waals surface area contributed by atoms with Gasteiger partial charge in [-0.15, -0.1) is 0 Å². The number of hydrogen-bond donors (Lipinski definition) is 1. The number of unbranched alkanes of at least 4 members (excludes halogenated alkanes) is 7. The first kappa shape index (κ1) is 16.0. The van der Waals surface area contributed by atoms with Crippen LogP contribution in [0.15, 0.2) is 0 Å². The minimum Gasteiger partial charge on any atom is -0.312 e. The van der Waals surface area contributed by atoms with Crippen molar-refractivity contribution >= 4 is 0 Å². The monoisotopic (exact) mass is 253 g/mol. The van der Waals surface area contributed by atoms with E-state index in [1.807, 2.05) is 0 Å². The van der Waals surface area contributed by atoms with Crippen molar-refractivity contribution in [2.24, 2.45) is 0 Å². The van der Waals surface area contributed by atoms with Gasteiger partial charge >= 0.3 is 0 Å². The predicted octanol–water partition coefficient (Wildman–Crippen LogP) is 5.44. The van der Waals surface area contributed by atoms with E-state index in [9.17, 15) is 0 Å². The molecule has 1 saturated heterocycles. The summed E-state index contributed by atoms with van der Waals surface area (Å²) in [4.78, 5) is 0. The highest BCUT2D eigenvalue weighted by molar-refractivity contribution is 4.84. The van der Waals surface area contributed by atoms with E-state index in [-0.39, 0.29) is 0 Å². The zero-order valence-electron chi connectivity index (χ0n) is 12.9. The molecule has 1 fully saturated rings. The molecule has 1 heterocycles. The Morgan fingerprint density at radius 2 is 1.50 bits per heavy atom. The highest BCUT2D eigenvalue weighted by atomic mass is 15.0. The predicted molar refractivity (Wildman–Crippen MR) is 82.1 cm³/mol. The Hall–Kier alpha value is -0.0400. The molecule has 0 spiro atoms. The normalized spacial score (nSPS) is 25.0.